The number of alkyl halides is 2. The summed E-state index contributed by atoms with van der Waals surface area (Å²) in [5.41, 5.74) is 0. The van der Waals surface area contributed by atoms with E-state index in [0.717, 1.165) is 0 Å². The number of hydrogen-bond acceptors (Lipinski definition) is 1. The van der Waals surface area contributed by atoms with Gasteiger partial charge in [-0.15, -0.1) is 23.2 Å². The van der Waals surface area contributed by atoms with Crippen LogP contribution in [-0.2, 0) is 0 Å². The smallest absolute Gasteiger partial charge is 0.404 e. The average Bonchev–Trinajstić information content (AvgIpc) is 1.82. The maximum Gasteiger partial charge on any atom is 0.404 e. The summed E-state index contributed by atoms with van der Waals surface area (Å²) < 4.78 is 0. The van der Waals surface area contributed by atoms with Crippen LogP contribution in [0, 0.1) is 0 Å². The number of hydrogen-bond donors (Lipinski definition) is 2. The Balaban J connectivity index is 3.43. The van der Waals surface area contributed by atoms with Crippen molar-refractivity contribution >= 4 is 29.3 Å². The zero-order valence-electron chi connectivity index (χ0n) is 4.60. The summed E-state index contributed by atoms with van der Waals surface area (Å²) in [5.74, 6) is 0.408. The zero-order chi connectivity index (χ0) is 7.28. The summed E-state index contributed by atoms with van der Waals surface area (Å²) in [6, 6.07) is -0.342. The number of carbonyl (C=O) groups is 1. The van der Waals surface area contributed by atoms with Crippen LogP contribution in [0.25, 0.3) is 0 Å². The second-order valence-corrected chi connectivity index (χ2v) is 2.07. The molecule has 54 valence electrons. The molecule has 0 atom stereocenters. The summed E-state index contributed by atoms with van der Waals surface area (Å²) in [6.07, 6.45) is -1.10. The molecular weight excluding hydrogens is 165 g/mol. The van der Waals surface area contributed by atoms with Gasteiger partial charge in [-0.05, 0) is 0 Å². The predicted octanol–water partition coefficient (Wildman–Crippen LogP) is 1.10. The second kappa shape index (κ2) is 4.70. The van der Waals surface area contributed by atoms with E-state index in [4.69, 9.17) is 28.3 Å². The first kappa shape index (κ1) is 8.85. The molecule has 0 aromatic heterocycles. The highest BCUT2D eigenvalue weighted by molar-refractivity contribution is 6.21. The first-order chi connectivity index (χ1) is 4.20. The van der Waals surface area contributed by atoms with Gasteiger partial charge in [0.15, 0.2) is 0 Å². The number of carboxylic acid groups (broad SMARTS) is 1. The van der Waals surface area contributed by atoms with Crippen molar-refractivity contribution in [3.8, 4) is 0 Å². The molecule has 0 aliphatic rings. The molecule has 0 unspecified atom stereocenters. The maximum atomic E-state index is 9.90. The molecule has 9 heavy (non-hydrogen) atoms. The van der Waals surface area contributed by atoms with E-state index < -0.39 is 6.09 Å². The average molecular weight is 172 g/mol. The SMILES string of the molecule is O=C(O)NC(CCl)CCl. The topological polar surface area (TPSA) is 49.3 Å². The molecule has 0 aromatic rings. The van der Waals surface area contributed by atoms with E-state index in [1.807, 2.05) is 0 Å². The maximum absolute atomic E-state index is 9.90. The van der Waals surface area contributed by atoms with Gasteiger partial charge < -0.3 is 10.4 Å². The third kappa shape index (κ3) is 4.36. The molecule has 0 saturated heterocycles. The van der Waals surface area contributed by atoms with Crippen molar-refractivity contribution in [3.05, 3.63) is 0 Å². The first-order valence-corrected chi connectivity index (χ1v) is 3.39. The molecule has 0 radical (unpaired) electrons. The molecule has 0 aliphatic heterocycles. The minimum atomic E-state index is -1.10. The molecule has 5 heteroatoms. The molecule has 0 aromatic carbocycles. The molecule has 0 aliphatic carbocycles. The van der Waals surface area contributed by atoms with E-state index in [9.17, 15) is 4.79 Å². The fourth-order valence-electron chi connectivity index (χ4n) is 0.293. The minimum absolute atomic E-state index is 0.204. The standard InChI is InChI=1S/C4H7Cl2NO2/c5-1-3(2-6)7-4(8)9/h3,7H,1-2H2,(H,8,9). The van der Waals surface area contributed by atoms with Crippen LogP contribution in [0.1, 0.15) is 0 Å². The van der Waals surface area contributed by atoms with Gasteiger partial charge in [0.05, 0.1) is 6.04 Å². The van der Waals surface area contributed by atoms with E-state index in [0.29, 0.717) is 0 Å². The lowest BCUT2D eigenvalue weighted by Gasteiger charge is -2.07. The van der Waals surface area contributed by atoms with Crippen LogP contribution in [0.4, 0.5) is 4.79 Å². The van der Waals surface area contributed by atoms with Gasteiger partial charge in [0.1, 0.15) is 0 Å². The highest BCUT2D eigenvalue weighted by Gasteiger charge is 2.06. The summed E-state index contributed by atoms with van der Waals surface area (Å²) in [7, 11) is 0. The highest BCUT2D eigenvalue weighted by atomic mass is 35.5. The Kier molecular flexibility index (Phi) is 4.62. The van der Waals surface area contributed by atoms with E-state index in [1.165, 1.54) is 0 Å². The summed E-state index contributed by atoms with van der Waals surface area (Å²) in [6.45, 7) is 0. The lowest BCUT2D eigenvalue weighted by atomic mass is 10.4. The number of amides is 1. The highest BCUT2D eigenvalue weighted by Crippen LogP contribution is 1.90. The van der Waals surface area contributed by atoms with Gasteiger partial charge in [0.25, 0.3) is 0 Å². The second-order valence-electron chi connectivity index (χ2n) is 1.46. The molecule has 0 heterocycles. The van der Waals surface area contributed by atoms with E-state index >= 15 is 0 Å². The van der Waals surface area contributed by atoms with Gasteiger partial charge in [-0.1, -0.05) is 0 Å². The molecule has 3 nitrogen and oxygen atoms in total. The van der Waals surface area contributed by atoms with E-state index in [2.05, 4.69) is 5.32 Å². The fraction of sp³-hybridized carbons (Fsp3) is 0.750. The molecule has 0 fully saturated rings. The first-order valence-electron chi connectivity index (χ1n) is 2.32. The van der Waals surface area contributed by atoms with Crippen LogP contribution >= 0.6 is 23.2 Å². The van der Waals surface area contributed by atoms with Crippen molar-refractivity contribution in [1.29, 1.82) is 0 Å². The molecule has 0 saturated carbocycles. The van der Waals surface area contributed by atoms with Gasteiger partial charge in [0, 0.05) is 11.8 Å². The number of rotatable bonds is 3. The Morgan fingerprint density at radius 3 is 2.11 bits per heavy atom. The van der Waals surface area contributed by atoms with Crippen LogP contribution < -0.4 is 5.32 Å². The van der Waals surface area contributed by atoms with Gasteiger partial charge in [-0.2, -0.15) is 0 Å². The van der Waals surface area contributed by atoms with Crippen LogP contribution in [0.5, 0.6) is 0 Å². The van der Waals surface area contributed by atoms with Gasteiger partial charge in [-0.25, -0.2) is 4.79 Å². The Morgan fingerprint density at radius 1 is 1.56 bits per heavy atom. The summed E-state index contributed by atoms with van der Waals surface area (Å²) >= 11 is 10.6. The Hall–Kier alpha value is -0.150. The van der Waals surface area contributed by atoms with Gasteiger partial charge in [-0.3, -0.25) is 0 Å². The lowest BCUT2D eigenvalue weighted by molar-refractivity contribution is 0.192. The van der Waals surface area contributed by atoms with Crippen LogP contribution in [0.3, 0.4) is 0 Å². The van der Waals surface area contributed by atoms with E-state index in [1.54, 1.807) is 0 Å². The van der Waals surface area contributed by atoms with Crippen molar-refractivity contribution in [1.82, 2.24) is 5.32 Å². The zero-order valence-corrected chi connectivity index (χ0v) is 6.11. The Bertz CT molecular complexity index is 94.6. The van der Waals surface area contributed by atoms with Gasteiger partial charge in [0.2, 0.25) is 0 Å². The number of halogens is 2. The van der Waals surface area contributed by atoms with Crippen LogP contribution in [0.2, 0.25) is 0 Å². The predicted molar refractivity (Wildman–Crippen MR) is 36.4 cm³/mol. The largest absolute Gasteiger partial charge is 0.465 e. The normalized spacial score (nSPS) is 9.67. The molecule has 2 N–H and O–H groups in total. The summed E-state index contributed by atoms with van der Waals surface area (Å²) in [5, 5.41) is 10.2. The monoisotopic (exact) mass is 171 g/mol. The third-order valence-electron chi connectivity index (χ3n) is 0.700. The molecule has 1 amide bonds. The van der Waals surface area contributed by atoms with Crippen molar-refractivity contribution in [3.63, 3.8) is 0 Å². The number of nitrogens with one attached hydrogen (secondary N) is 1. The molecule has 0 spiro atoms. The molecule has 0 rings (SSSR count). The van der Waals surface area contributed by atoms with Crippen molar-refractivity contribution in [2.45, 2.75) is 6.04 Å². The van der Waals surface area contributed by atoms with Gasteiger partial charge >= 0.3 is 6.09 Å². The summed E-state index contributed by atoms with van der Waals surface area (Å²) in [4.78, 5) is 9.90. The molecular formula is C4H7Cl2NO2. The van der Waals surface area contributed by atoms with Crippen molar-refractivity contribution in [2.75, 3.05) is 11.8 Å². The van der Waals surface area contributed by atoms with E-state index in [-0.39, 0.29) is 17.8 Å². The molecule has 0 bridgehead atoms. The Labute approximate surface area is 62.9 Å². The quantitative estimate of drug-likeness (QED) is 0.626. The van der Waals surface area contributed by atoms with Crippen molar-refractivity contribution < 1.29 is 9.90 Å². The van der Waals surface area contributed by atoms with Crippen LogP contribution in [-0.4, -0.2) is 29.0 Å². The third-order valence-corrected chi connectivity index (χ3v) is 1.45. The Morgan fingerprint density at radius 2 is 2.00 bits per heavy atom. The minimum Gasteiger partial charge on any atom is -0.465 e. The fourth-order valence-corrected chi connectivity index (χ4v) is 0.777. The lowest BCUT2D eigenvalue weighted by Crippen LogP contribution is -2.36. The van der Waals surface area contributed by atoms with Crippen molar-refractivity contribution in [2.24, 2.45) is 0 Å². The van der Waals surface area contributed by atoms with Crippen LogP contribution in [0.15, 0.2) is 0 Å².